The summed E-state index contributed by atoms with van der Waals surface area (Å²) in [6, 6.07) is 7.94. The Morgan fingerprint density at radius 1 is 1.07 bits per heavy atom. The fourth-order valence-corrected chi connectivity index (χ4v) is 5.51. The Balaban J connectivity index is 1.35. The number of piperazine rings is 1. The largest absolute Gasteiger partial charge is 0.497 e. The number of rotatable bonds is 3. The standard InChI is InChI=1S/C22H24N4O3S/c1-29-16-8-6-15(7-9-16)24-10-12-25(13-11-24)20(27)17-14-23-22-26(21(17)28)18-4-2-3-5-19(18)30-22/h6-9,14H,2-5,10-13H2,1H3. The molecule has 0 bridgehead atoms. The van der Waals surface area contributed by atoms with Crippen LogP contribution in [0.5, 0.6) is 5.75 Å². The number of methoxy groups -OCH3 is 1. The molecule has 8 heteroatoms. The molecule has 0 saturated carbocycles. The molecule has 3 heterocycles. The van der Waals surface area contributed by atoms with E-state index in [-0.39, 0.29) is 17.0 Å². The number of carbonyl (C=O) groups excluding carboxylic acids is 1. The minimum Gasteiger partial charge on any atom is -0.497 e. The fourth-order valence-electron chi connectivity index (χ4n) is 4.35. The first-order chi connectivity index (χ1) is 14.7. The number of hydrogen-bond donors (Lipinski definition) is 0. The van der Waals surface area contributed by atoms with Crippen LogP contribution in [0.2, 0.25) is 0 Å². The Labute approximate surface area is 178 Å². The van der Waals surface area contributed by atoms with E-state index in [0.29, 0.717) is 18.1 Å². The number of benzene rings is 1. The van der Waals surface area contributed by atoms with Crippen molar-refractivity contribution in [2.24, 2.45) is 0 Å². The maximum atomic E-state index is 13.2. The molecule has 2 aliphatic rings. The van der Waals surface area contributed by atoms with Gasteiger partial charge in [0.15, 0.2) is 4.96 Å². The van der Waals surface area contributed by atoms with Gasteiger partial charge in [0, 0.05) is 48.6 Å². The Morgan fingerprint density at radius 2 is 1.80 bits per heavy atom. The third-order valence-corrected chi connectivity index (χ3v) is 7.19. The van der Waals surface area contributed by atoms with Gasteiger partial charge in [-0.15, -0.1) is 11.3 Å². The highest BCUT2D eigenvalue weighted by molar-refractivity contribution is 7.17. The lowest BCUT2D eigenvalue weighted by atomic mass is 10.0. The first kappa shape index (κ1) is 19.1. The van der Waals surface area contributed by atoms with Crippen LogP contribution in [-0.2, 0) is 12.8 Å². The molecule has 0 N–H and O–H groups in total. The minimum atomic E-state index is -0.220. The molecule has 0 radical (unpaired) electrons. The zero-order valence-corrected chi connectivity index (χ0v) is 17.8. The summed E-state index contributed by atoms with van der Waals surface area (Å²) in [5.41, 5.74) is 2.12. The zero-order chi connectivity index (χ0) is 20.7. The van der Waals surface area contributed by atoms with Crippen molar-refractivity contribution in [3.8, 4) is 5.75 Å². The maximum absolute atomic E-state index is 13.2. The predicted octanol–water partition coefficient (Wildman–Crippen LogP) is 2.61. The molecule has 30 heavy (non-hydrogen) atoms. The number of thiazole rings is 1. The van der Waals surface area contributed by atoms with E-state index in [1.807, 2.05) is 24.3 Å². The fraction of sp³-hybridized carbons (Fsp3) is 0.409. The Kier molecular flexibility index (Phi) is 4.94. The SMILES string of the molecule is COc1ccc(N2CCN(C(=O)c3cnc4sc5c(n4c3=O)CCCC5)CC2)cc1. The topological polar surface area (TPSA) is 67.2 Å². The molecular formula is C22H24N4O3S. The molecule has 1 amide bonds. The zero-order valence-electron chi connectivity index (χ0n) is 17.0. The van der Waals surface area contributed by atoms with Gasteiger partial charge in [0.2, 0.25) is 0 Å². The van der Waals surface area contributed by atoms with E-state index in [9.17, 15) is 9.59 Å². The summed E-state index contributed by atoms with van der Waals surface area (Å²) < 4.78 is 6.90. The van der Waals surface area contributed by atoms with Gasteiger partial charge < -0.3 is 14.5 Å². The van der Waals surface area contributed by atoms with Crippen LogP contribution in [-0.4, -0.2) is 53.5 Å². The van der Waals surface area contributed by atoms with E-state index in [0.717, 1.165) is 55.9 Å². The third kappa shape index (κ3) is 3.25. The Morgan fingerprint density at radius 3 is 2.53 bits per heavy atom. The summed E-state index contributed by atoms with van der Waals surface area (Å²) in [4.78, 5) is 36.7. The maximum Gasteiger partial charge on any atom is 0.271 e. The van der Waals surface area contributed by atoms with Crippen molar-refractivity contribution in [2.45, 2.75) is 25.7 Å². The van der Waals surface area contributed by atoms with E-state index in [2.05, 4.69) is 9.88 Å². The molecule has 5 rings (SSSR count). The van der Waals surface area contributed by atoms with E-state index >= 15 is 0 Å². The highest BCUT2D eigenvalue weighted by Gasteiger charge is 2.27. The summed E-state index contributed by atoms with van der Waals surface area (Å²) in [5.74, 6) is 0.610. The Hall–Kier alpha value is -2.87. The molecule has 1 saturated heterocycles. The first-order valence-corrected chi connectivity index (χ1v) is 11.2. The van der Waals surface area contributed by atoms with Crippen LogP contribution in [0.3, 0.4) is 0 Å². The number of nitrogens with zero attached hydrogens (tertiary/aromatic N) is 4. The van der Waals surface area contributed by atoms with Crippen molar-refractivity contribution >= 4 is 27.9 Å². The summed E-state index contributed by atoms with van der Waals surface area (Å²) in [7, 11) is 1.65. The van der Waals surface area contributed by atoms with E-state index in [1.54, 1.807) is 27.7 Å². The number of aromatic nitrogens is 2. The van der Waals surface area contributed by atoms with Gasteiger partial charge in [-0.1, -0.05) is 0 Å². The van der Waals surface area contributed by atoms with Gasteiger partial charge >= 0.3 is 0 Å². The van der Waals surface area contributed by atoms with Crippen molar-refractivity contribution < 1.29 is 9.53 Å². The van der Waals surface area contributed by atoms with Gasteiger partial charge in [-0.25, -0.2) is 4.98 Å². The number of amides is 1. The van der Waals surface area contributed by atoms with Gasteiger partial charge in [-0.2, -0.15) is 0 Å². The highest BCUT2D eigenvalue weighted by Crippen LogP contribution is 2.28. The monoisotopic (exact) mass is 424 g/mol. The van der Waals surface area contributed by atoms with Crippen LogP contribution < -0.4 is 15.2 Å². The lowest BCUT2D eigenvalue weighted by Gasteiger charge is -2.36. The number of anilines is 1. The smallest absolute Gasteiger partial charge is 0.271 e. The van der Waals surface area contributed by atoms with Crippen molar-refractivity contribution in [3.63, 3.8) is 0 Å². The van der Waals surface area contributed by atoms with Crippen molar-refractivity contribution in [2.75, 3.05) is 38.2 Å². The van der Waals surface area contributed by atoms with E-state index < -0.39 is 0 Å². The Bertz CT molecular complexity index is 1140. The van der Waals surface area contributed by atoms with Crippen LogP contribution >= 0.6 is 11.3 Å². The number of ether oxygens (including phenoxy) is 1. The van der Waals surface area contributed by atoms with Gasteiger partial charge in [0.05, 0.1) is 7.11 Å². The predicted molar refractivity (Wildman–Crippen MR) is 117 cm³/mol. The van der Waals surface area contributed by atoms with Crippen LogP contribution in [0, 0.1) is 0 Å². The minimum absolute atomic E-state index is 0.177. The summed E-state index contributed by atoms with van der Waals surface area (Å²) in [5, 5.41) is 0. The summed E-state index contributed by atoms with van der Waals surface area (Å²) >= 11 is 1.58. The molecule has 1 aliphatic carbocycles. The van der Waals surface area contributed by atoms with Crippen LogP contribution in [0.1, 0.15) is 33.8 Å². The normalized spacial score (nSPS) is 16.6. The molecule has 0 spiro atoms. The van der Waals surface area contributed by atoms with Crippen LogP contribution in [0.4, 0.5) is 5.69 Å². The average Bonchev–Trinajstić information content (AvgIpc) is 3.18. The molecule has 3 aromatic rings. The van der Waals surface area contributed by atoms with E-state index in [1.165, 1.54) is 11.1 Å². The summed E-state index contributed by atoms with van der Waals surface area (Å²) in [6.45, 7) is 2.61. The van der Waals surface area contributed by atoms with Crippen LogP contribution in [0.25, 0.3) is 4.96 Å². The first-order valence-electron chi connectivity index (χ1n) is 10.4. The van der Waals surface area contributed by atoms with Crippen molar-refractivity contribution in [1.82, 2.24) is 14.3 Å². The van der Waals surface area contributed by atoms with Gasteiger partial charge in [-0.3, -0.25) is 14.0 Å². The molecule has 1 fully saturated rings. The second-order valence-corrected chi connectivity index (χ2v) is 8.81. The lowest BCUT2D eigenvalue weighted by Crippen LogP contribution is -2.49. The quantitative estimate of drug-likeness (QED) is 0.647. The second kappa shape index (κ2) is 7.75. The van der Waals surface area contributed by atoms with Crippen molar-refractivity contribution in [1.29, 1.82) is 0 Å². The average molecular weight is 425 g/mol. The number of hydrogen-bond acceptors (Lipinski definition) is 6. The highest BCUT2D eigenvalue weighted by atomic mass is 32.1. The summed E-state index contributed by atoms with van der Waals surface area (Å²) in [6.07, 6.45) is 5.59. The number of fused-ring (bicyclic) bond motifs is 3. The molecule has 1 aliphatic heterocycles. The molecule has 0 atom stereocenters. The molecule has 1 aromatic carbocycles. The molecule has 156 valence electrons. The third-order valence-electron chi connectivity index (χ3n) is 6.04. The van der Waals surface area contributed by atoms with Crippen molar-refractivity contribution in [3.05, 3.63) is 57.0 Å². The lowest BCUT2D eigenvalue weighted by molar-refractivity contribution is 0.0744. The second-order valence-electron chi connectivity index (χ2n) is 7.75. The molecular weight excluding hydrogens is 400 g/mol. The van der Waals surface area contributed by atoms with Gasteiger partial charge in [0.1, 0.15) is 11.3 Å². The van der Waals surface area contributed by atoms with Gasteiger partial charge in [-0.05, 0) is 49.9 Å². The molecule has 0 unspecified atom stereocenters. The molecule has 7 nitrogen and oxygen atoms in total. The van der Waals surface area contributed by atoms with Gasteiger partial charge in [0.25, 0.3) is 11.5 Å². The van der Waals surface area contributed by atoms with Crippen LogP contribution in [0.15, 0.2) is 35.3 Å². The number of aryl methyl sites for hydroxylation is 2. The molecule has 2 aromatic heterocycles. The van der Waals surface area contributed by atoms with E-state index in [4.69, 9.17) is 4.74 Å². The number of carbonyl (C=O) groups is 1.